The van der Waals surface area contributed by atoms with Gasteiger partial charge in [0.2, 0.25) is 0 Å². The molecule has 0 N–H and O–H groups in total. The lowest BCUT2D eigenvalue weighted by Crippen LogP contribution is -2.54. The van der Waals surface area contributed by atoms with Gasteiger partial charge in [0.05, 0.1) is 5.25 Å². The molecule has 152 valence electrons. The first-order valence-electron chi connectivity index (χ1n) is 7.85. The molecule has 1 aromatic carbocycles. The van der Waals surface area contributed by atoms with Crippen molar-refractivity contribution in [3.63, 3.8) is 0 Å². The van der Waals surface area contributed by atoms with Gasteiger partial charge in [0.25, 0.3) is 5.79 Å². The van der Waals surface area contributed by atoms with Gasteiger partial charge in [-0.1, -0.05) is 0 Å². The van der Waals surface area contributed by atoms with Gasteiger partial charge in [-0.25, -0.2) is 18.0 Å². The van der Waals surface area contributed by atoms with E-state index in [1.54, 1.807) is 18.2 Å². The van der Waals surface area contributed by atoms with Crippen molar-refractivity contribution < 1.29 is 45.6 Å². The summed E-state index contributed by atoms with van der Waals surface area (Å²) in [6.07, 6.45) is -0.991. The van der Waals surface area contributed by atoms with Gasteiger partial charge in [0.15, 0.2) is 10.1 Å². The number of carbonyl (C=O) groups excluding carboxylic acids is 2. The average molecular weight is 547 g/mol. The van der Waals surface area contributed by atoms with E-state index in [9.17, 15) is 31.3 Å². The van der Waals surface area contributed by atoms with E-state index < -0.39 is 49.7 Å². The SMILES string of the molecule is O=C1OC2(CC3SC2CC3OC(=O)C(F)(F)S(=O)(=O)[O-])Oc2cc(I)ccc21. The number of alkyl halides is 2. The average Bonchev–Trinajstić information content (AvgIpc) is 3.10. The Morgan fingerprint density at radius 3 is 2.71 bits per heavy atom. The number of halogens is 3. The summed E-state index contributed by atoms with van der Waals surface area (Å²) >= 11 is 3.29. The van der Waals surface area contributed by atoms with Crippen molar-refractivity contribution in [1.29, 1.82) is 0 Å². The van der Waals surface area contributed by atoms with Crippen LogP contribution in [0.4, 0.5) is 8.78 Å². The molecule has 0 radical (unpaired) electrons. The van der Waals surface area contributed by atoms with E-state index >= 15 is 0 Å². The molecule has 1 spiro atoms. The van der Waals surface area contributed by atoms with Gasteiger partial charge in [-0.3, -0.25) is 0 Å². The zero-order valence-corrected chi connectivity index (χ0v) is 17.4. The molecule has 28 heavy (non-hydrogen) atoms. The Balaban J connectivity index is 1.51. The van der Waals surface area contributed by atoms with Gasteiger partial charge in [-0.2, -0.15) is 8.78 Å². The third-order valence-electron chi connectivity index (χ3n) is 4.70. The smallest absolute Gasteiger partial charge is 0.428 e. The molecule has 0 aliphatic carbocycles. The Kier molecular flexibility index (Phi) is 4.60. The highest BCUT2D eigenvalue weighted by molar-refractivity contribution is 14.1. The van der Waals surface area contributed by atoms with Gasteiger partial charge in [0.1, 0.15) is 17.4 Å². The zero-order valence-electron chi connectivity index (χ0n) is 13.6. The van der Waals surface area contributed by atoms with E-state index in [0.717, 1.165) is 3.57 Å². The van der Waals surface area contributed by atoms with Crippen LogP contribution in [0, 0.1) is 3.57 Å². The van der Waals surface area contributed by atoms with Crippen LogP contribution in [0.3, 0.4) is 0 Å². The lowest BCUT2D eigenvalue weighted by Gasteiger charge is -2.40. The second-order valence-corrected chi connectivity index (χ2v) is 10.6. The van der Waals surface area contributed by atoms with Crippen molar-refractivity contribution in [2.45, 2.75) is 40.5 Å². The second-order valence-electron chi connectivity index (χ2n) is 6.46. The molecule has 3 aliphatic rings. The minimum absolute atomic E-state index is 0.00258. The normalized spacial score (nSPS) is 31.3. The molecule has 0 amide bonds. The number of carbonyl (C=O) groups is 2. The maximum atomic E-state index is 13.3. The Labute approximate surface area is 175 Å². The first-order chi connectivity index (χ1) is 12.9. The first kappa shape index (κ1) is 20.1. The molecular weight excluding hydrogens is 537 g/mol. The van der Waals surface area contributed by atoms with Crippen LogP contribution in [0.15, 0.2) is 18.2 Å². The van der Waals surface area contributed by atoms with Crippen molar-refractivity contribution in [3.8, 4) is 5.75 Å². The number of rotatable bonds is 3. The number of hydrogen-bond acceptors (Lipinski definition) is 9. The summed E-state index contributed by atoms with van der Waals surface area (Å²) < 4.78 is 75.2. The minimum atomic E-state index is -6.19. The predicted molar refractivity (Wildman–Crippen MR) is 96.9 cm³/mol. The standard InChI is InChI=1S/C15H11F2IO8S2/c16-15(17,28(21,22)23)13(20)24-9-4-11-14(5-10(9)27-11)25-8-3-6(18)1-2-7(8)12(19)26-14/h1-3,9-11H,4-5H2,(H,21,22,23)/p-1. The molecule has 4 atom stereocenters. The minimum Gasteiger partial charge on any atom is -0.743 e. The molecule has 13 heteroatoms. The number of esters is 2. The van der Waals surface area contributed by atoms with Crippen LogP contribution in [-0.4, -0.2) is 52.6 Å². The molecule has 2 saturated heterocycles. The summed E-state index contributed by atoms with van der Waals surface area (Å²) in [5.41, 5.74) is 0.266. The molecule has 4 rings (SSSR count). The van der Waals surface area contributed by atoms with Crippen LogP contribution in [0.5, 0.6) is 5.75 Å². The summed E-state index contributed by atoms with van der Waals surface area (Å²) in [6, 6.07) is 4.96. The first-order valence-corrected chi connectivity index (χ1v) is 11.3. The summed E-state index contributed by atoms with van der Waals surface area (Å²) in [6.45, 7) is 0. The van der Waals surface area contributed by atoms with Gasteiger partial charge >= 0.3 is 17.2 Å². The van der Waals surface area contributed by atoms with Crippen LogP contribution >= 0.6 is 34.4 Å². The van der Waals surface area contributed by atoms with E-state index in [4.69, 9.17) is 9.47 Å². The number of hydrogen-bond donors (Lipinski definition) is 0. The molecule has 1 aromatic rings. The number of benzene rings is 1. The fourth-order valence-electron chi connectivity index (χ4n) is 3.41. The van der Waals surface area contributed by atoms with Crippen LogP contribution in [0.1, 0.15) is 23.2 Å². The number of fused-ring (bicyclic) bond motifs is 4. The quantitative estimate of drug-likeness (QED) is 0.318. The third kappa shape index (κ3) is 3.06. The van der Waals surface area contributed by atoms with Crippen molar-refractivity contribution in [2.75, 3.05) is 0 Å². The Bertz CT molecular complexity index is 984. The van der Waals surface area contributed by atoms with Crippen LogP contribution < -0.4 is 4.74 Å². The molecule has 0 saturated carbocycles. The molecule has 3 heterocycles. The van der Waals surface area contributed by atoms with E-state index in [2.05, 4.69) is 27.3 Å². The molecule has 2 fully saturated rings. The molecule has 8 nitrogen and oxygen atoms in total. The molecule has 0 aromatic heterocycles. The zero-order chi connectivity index (χ0) is 20.5. The van der Waals surface area contributed by atoms with E-state index in [1.165, 1.54) is 11.8 Å². The Morgan fingerprint density at radius 2 is 2.11 bits per heavy atom. The van der Waals surface area contributed by atoms with Crippen molar-refractivity contribution in [1.82, 2.24) is 0 Å². The number of thioether (sulfide) groups is 1. The number of ether oxygens (including phenoxy) is 3. The maximum Gasteiger partial charge on any atom is 0.428 e. The summed E-state index contributed by atoms with van der Waals surface area (Å²) in [7, 11) is -6.19. The van der Waals surface area contributed by atoms with Gasteiger partial charge in [-0.15, -0.1) is 11.8 Å². The third-order valence-corrected chi connectivity index (χ3v) is 7.86. The van der Waals surface area contributed by atoms with Gasteiger partial charge < -0.3 is 18.8 Å². The lowest BCUT2D eigenvalue weighted by molar-refractivity contribution is -0.185. The topological polar surface area (TPSA) is 119 Å². The van der Waals surface area contributed by atoms with Crippen LogP contribution in [0.2, 0.25) is 0 Å². The predicted octanol–water partition coefficient (Wildman–Crippen LogP) is 1.86. The molecule has 2 bridgehead atoms. The largest absolute Gasteiger partial charge is 0.743 e. The van der Waals surface area contributed by atoms with E-state index in [1.807, 2.05) is 0 Å². The fourth-order valence-corrected chi connectivity index (χ4v) is 5.91. The molecular formula is C15H10F2IO8S2-. The maximum absolute atomic E-state index is 13.3. The summed E-state index contributed by atoms with van der Waals surface area (Å²) in [5, 5.41) is -6.24. The van der Waals surface area contributed by atoms with Crippen molar-refractivity contribution in [3.05, 3.63) is 27.3 Å². The molecule has 4 unspecified atom stereocenters. The fraction of sp³-hybridized carbons (Fsp3) is 0.467. The van der Waals surface area contributed by atoms with Gasteiger partial charge in [-0.05, 0) is 40.8 Å². The van der Waals surface area contributed by atoms with Crippen LogP contribution in [-0.2, 0) is 24.4 Å². The summed E-state index contributed by atoms with van der Waals surface area (Å²) in [5.74, 6) is -3.96. The highest BCUT2D eigenvalue weighted by Crippen LogP contribution is 2.56. The van der Waals surface area contributed by atoms with E-state index in [-0.39, 0.29) is 18.4 Å². The highest BCUT2D eigenvalue weighted by atomic mass is 127. The summed E-state index contributed by atoms with van der Waals surface area (Å²) in [4.78, 5) is 23.8. The second kappa shape index (κ2) is 6.40. The lowest BCUT2D eigenvalue weighted by atomic mass is 9.90. The Hall–Kier alpha value is -1.19. The highest BCUT2D eigenvalue weighted by Gasteiger charge is 2.64. The van der Waals surface area contributed by atoms with Crippen LogP contribution in [0.25, 0.3) is 0 Å². The van der Waals surface area contributed by atoms with Crippen molar-refractivity contribution in [2.24, 2.45) is 0 Å². The van der Waals surface area contributed by atoms with Gasteiger partial charge in [0, 0.05) is 21.7 Å². The Morgan fingerprint density at radius 1 is 1.39 bits per heavy atom. The van der Waals surface area contributed by atoms with Crippen molar-refractivity contribution >= 4 is 56.4 Å². The molecule has 3 aliphatic heterocycles. The monoisotopic (exact) mass is 547 g/mol. The van der Waals surface area contributed by atoms with E-state index in [0.29, 0.717) is 5.75 Å².